The maximum Gasteiger partial charge on any atom is 1.00 e. The number of hydrogen-bond acceptors (Lipinski definition) is 4. The van der Waals surface area contributed by atoms with Crippen LogP contribution in [0, 0.1) is 0 Å². The third kappa shape index (κ3) is 10.3. The molecule has 0 aliphatic carbocycles. The molecule has 0 spiro atoms. The van der Waals surface area contributed by atoms with Gasteiger partial charge in [0, 0.05) is 0 Å². The predicted molar refractivity (Wildman–Crippen MR) is 68.3 cm³/mol. The van der Waals surface area contributed by atoms with Crippen molar-refractivity contribution in [3.8, 4) is 0 Å². The summed E-state index contributed by atoms with van der Waals surface area (Å²) in [6.45, 7) is 0. The normalized spacial score (nSPS) is 7.62. The quantitative estimate of drug-likeness (QED) is 0.602. The van der Waals surface area contributed by atoms with E-state index < -0.39 is 11.9 Å². The molecule has 120 valence electrons. The van der Waals surface area contributed by atoms with Crippen LogP contribution in [0.2, 0.25) is 0 Å². The molecule has 0 unspecified atom stereocenters. The Morgan fingerprint density at radius 1 is 0.619 bits per heavy atom. The van der Waals surface area contributed by atoms with Crippen molar-refractivity contribution < 1.29 is 64.6 Å². The van der Waals surface area contributed by atoms with E-state index in [4.69, 9.17) is 0 Å². The van der Waals surface area contributed by atoms with Crippen LogP contribution in [-0.4, -0.2) is 11.9 Å². The zero-order valence-electron chi connectivity index (χ0n) is 10.0. The fourth-order valence-corrected chi connectivity index (χ4v) is 1.15. The minimum absolute atomic E-state index is 0. The molecule has 0 bridgehead atoms. The van der Waals surface area contributed by atoms with Gasteiger partial charge in [-0.15, -0.1) is 0 Å². The minimum Gasteiger partial charge on any atom is -0.545 e. The van der Waals surface area contributed by atoms with Crippen molar-refractivity contribution in [2.45, 2.75) is 7.43 Å². The summed E-state index contributed by atoms with van der Waals surface area (Å²) in [5, 5.41) is 20.2. The fraction of sp³-hybridized carbons (Fsp3) is 0.0667. The van der Waals surface area contributed by atoms with Crippen molar-refractivity contribution >= 4 is 11.9 Å². The van der Waals surface area contributed by atoms with Gasteiger partial charge in [0.05, 0.1) is 11.9 Å². The number of carboxylic acid groups (broad SMARTS) is 2. The zero-order chi connectivity index (χ0) is 13.4. The Morgan fingerprint density at radius 2 is 0.857 bits per heavy atom. The van der Waals surface area contributed by atoms with Gasteiger partial charge in [-0.3, -0.25) is 0 Å². The Bertz CT molecular complexity index is 466. The van der Waals surface area contributed by atoms with Gasteiger partial charge in [0.1, 0.15) is 0 Å². The summed E-state index contributed by atoms with van der Waals surface area (Å²) < 4.78 is 0. The molecule has 0 amide bonds. The van der Waals surface area contributed by atoms with E-state index in [1.807, 2.05) is 0 Å². The predicted octanol–water partition coefficient (Wildman–Crippen LogP) is 0.731. The molecule has 0 saturated heterocycles. The topological polar surface area (TPSA) is 80.3 Å². The molecule has 2 rings (SSSR count). The molecule has 0 aliphatic heterocycles. The number of rotatable bonds is 2. The van der Waals surface area contributed by atoms with Crippen molar-refractivity contribution in [2.75, 3.05) is 0 Å². The molecule has 21 heavy (non-hydrogen) atoms. The molecule has 0 fully saturated rings. The Balaban J connectivity index is -0.000000270. The largest absolute Gasteiger partial charge is 1.00 e. The first kappa shape index (κ1) is 24.9. The average Bonchev–Trinajstić information content (AvgIpc) is 2.41. The molecular weight excluding hydrogens is 460 g/mol. The monoisotopic (exact) mass is 472 g/mol. The summed E-state index contributed by atoms with van der Waals surface area (Å²) >= 11 is 0. The van der Waals surface area contributed by atoms with Gasteiger partial charge in [-0.2, -0.15) is 0 Å². The molecule has 0 saturated carbocycles. The second-order valence-electron chi connectivity index (χ2n) is 3.31. The van der Waals surface area contributed by atoms with Gasteiger partial charge in [-0.1, -0.05) is 68.1 Å². The number of aromatic carboxylic acids is 2. The molecule has 0 N–H and O–H groups in total. The number of hydrogen-bond donors (Lipinski definition) is 0. The van der Waals surface area contributed by atoms with Crippen LogP contribution in [0.3, 0.4) is 0 Å². The summed E-state index contributed by atoms with van der Waals surface area (Å²) in [7, 11) is 0. The number of carbonyl (C=O) groups is 2. The molecular formula is C15H14Ag2O4. The Labute approximate surface area is 155 Å². The molecule has 6 heteroatoms. The van der Waals surface area contributed by atoms with Crippen molar-refractivity contribution in [3.05, 3.63) is 71.8 Å². The van der Waals surface area contributed by atoms with E-state index in [-0.39, 0.29) is 63.3 Å². The Hall–Kier alpha value is -1.14. The van der Waals surface area contributed by atoms with Gasteiger partial charge >= 0.3 is 44.8 Å². The van der Waals surface area contributed by atoms with Gasteiger partial charge in [-0.25, -0.2) is 0 Å². The smallest absolute Gasteiger partial charge is 0.545 e. The first-order chi connectivity index (χ1) is 8.61. The summed E-state index contributed by atoms with van der Waals surface area (Å²) in [6, 6.07) is 16.1. The molecule has 0 aromatic heterocycles. The molecule has 0 atom stereocenters. The molecule has 0 radical (unpaired) electrons. The SMILES string of the molecule is C.O=C([O-])c1ccccc1.O=C([O-])c1ccccc1.[Ag+].[Ag+]. The van der Waals surface area contributed by atoms with E-state index in [9.17, 15) is 19.8 Å². The van der Waals surface area contributed by atoms with Crippen LogP contribution in [0.5, 0.6) is 0 Å². The first-order valence-corrected chi connectivity index (χ1v) is 5.14. The summed E-state index contributed by atoms with van der Waals surface area (Å²) in [5.41, 5.74) is 0.440. The average molecular weight is 474 g/mol. The van der Waals surface area contributed by atoms with Crippen LogP contribution < -0.4 is 10.2 Å². The molecule has 0 aliphatic rings. The van der Waals surface area contributed by atoms with Gasteiger partial charge in [0.25, 0.3) is 0 Å². The number of carbonyl (C=O) groups excluding carboxylic acids is 2. The molecule has 2 aromatic rings. The van der Waals surface area contributed by atoms with Crippen LogP contribution in [0.25, 0.3) is 0 Å². The van der Waals surface area contributed by atoms with Crippen molar-refractivity contribution in [1.29, 1.82) is 0 Å². The third-order valence-electron chi connectivity index (χ3n) is 2.02. The second kappa shape index (κ2) is 13.8. The van der Waals surface area contributed by atoms with E-state index >= 15 is 0 Å². The van der Waals surface area contributed by atoms with E-state index in [2.05, 4.69) is 0 Å². The van der Waals surface area contributed by atoms with Crippen molar-refractivity contribution in [2.24, 2.45) is 0 Å². The third-order valence-corrected chi connectivity index (χ3v) is 2.02. The standard InChI is InChI=1S/2C7H6O2.CH4.2Ag/c2*8-7(9)6-4-2-1-3-5-6;;;/h2*1-5H,(H,8,9);1H4;;/q;;;2*+1/p-2. The number of carboxylic acids is 2. The maximum absolute atomic E-state index is 10.1. The van der Waals surface area contributed by atoms with Gasteiger partial charge < -0.3 is 19.8 Å². The summed E-state index contributed by atoms with van der Waals surface area (Å²) in [6.07, 6.45) is 0. The van der Waals surface area contributed by atoms with Crippen LogP contribution in [-0.2, 0) is 44.8 Å². The summed E-state index contributed by atoms with van der Waals surface area (Å²) in [4.78, 5) is 20.2. The van der Waals surface area contributed by atoms with E-state index in [1.165, 1.54) is 24.3 Å². The van der Waals surface area contributed by atoms with Crippen LogP contribution in [0.4, 0.5) is 0 Å². The van der Waals surface area contributed by atoms with E-state index in [1.54, 1.807) is 36.4 Å². The van der Waals surface area contributed by atoms with Crippen molar-refractivity contribution in [3.63, 3.8) is 0 Å². The van der Waals surface area contributed by atoms with Crippen LogP contribution in [0.1, 0.15) is 28.1 Å². The maximum atomic E-state index is 10.1. The van der Waals surface area contributed by atoms with Gasteiger partial charge in [0.15, 0.2) is 0 Å². The first-order valence-electron chi connectivity index (χ1n) is 5.14. The van der Waals surface area contributed by atoms with E-state index in [0.717, 1.165) is 0 Å². The van der Waals surface area contributed by atoms with Gasteiger partial charge in [0.2, 0.25) is 0 Å². The number of benzene rings is 2. The fourth-order valence-electron chi connectivity index (χ4n) is 1.15. The van der Waals surface area contributed by atoms with Crippen LogP contribution in [0.15, 0.2) is 60.7 Å². The molecule has 0 heterocycles. The zero-order valence-corrected chi connectivity index (χ0v) is 13.0. The van der Waals surface area contributed by atoms with Gasteiger partial charge in [-0.05, 0) is 11.1 Å². The van der Waals surface area contributed by atoms with Crippen molar-refractivity contribution in [1.82, 2.24) is 0 Å². The van der Waals surface area contributed by atoms with Crippen LogP contribution >= 0.6 is 0 Å². The van der Waals surface area contributed by atoms with E-state index in [0.29, 0.717) is 0 Å². The Morgan fingerprint density at radius 3 is 1.00 bits per heavy atom. The molecule has 4 nitrogen and oxygen atoms in total. The summed E-state index contributed by atoms with van der Waals surface area (Å²) in [5.74, 6) is -2.26. The molecule has 2 aromatic carbocycles. The second-order valence-corrected chi connectivity index (χ2v) is 3.31. The minimum atomic E-state index is -1.13. The Kier molecular flexibility index (Phi) is 16.4.